The molecule has 7 nitrogen and oxygen atoms in total. The first-order valence-corrected chi connectivity index (χ1v) is 10.9. The minimum Gasteiger partial charge on any atom is -0.368 e. The van der Waals surface area contributed by atoms with Crippen LogP contribution in [0.15, 0.2) is 29.3 Å². The topological polar surface area (TPSA) is 67.2 Å². The van der Waals surface area contributed by atoms with Gasteiger partial charge in [0.2, 0.25) is 0 Å². The minimum absolute atomic E-state index is 0.0272. The number of fused-ring (bicyclic) bond motifs is 2. The molecule has 0 saturated carbocycles. The van der Waals surface area contributed by atoms with Crippen molar-refractivity contribution in [3.63, 3.8) is 0 Å². The number of hydrogen-bond donors (Lipinski definition) is 0. The number of nitrogens with zero attached hydrogens (tertiary/aromatic N) is 6. The molecular formula is C23H28N6O. The van der Waals surface area contributed by atoms with Crippen LogP contribution in [0, 0.1) is 6.92 Å². The van der Waals surface area contributed by atoms with Crippen LogP contribution in [0.3, 0.4) is 0 Å². The molecule has 2 aliphatic rings. The van der Waals surface area contributed by atoms with Crippen molar-refractivity contribution in [2.45, 2.75) is 46.1 Å². The summed E-state index contributed by atoms with van der Waals surface area (Å²) in [6.45, 7) is 9.70. The lowest BCUT2D eigenvalue weighted by Gasteiger charge is -2.37. The highest BCUT2D eigenvalue weighted by atomic mass is 16.1. The maximum Gasteiger partial charge on any atom is 0.261 e. The molecule has 0 N–H and O–H groups in total. The summed E-state index contributed by atoms with van der Waals surface area (Å²) in [7, 11) is 0. The molecule has 7 heteroatoms. The first kappa shape index (κ1) is 19.0. The van der Waals surface area contributed by atoms with E-state index in [0.29, 0.717) is 5.39 Å². The molecule has 1 fully saturated rings. The Hall–Kier alpha value is -2.96. The van der Waals surface area contributed by atoms with Crippen molar-refractivity contribution in [3.8, 4) is 0 Å². The van der Waals surface area contributed by atoms with E-state index in [-0.39, 0.29) is 11.6 Å². The minimum atomic E-state index is 0.0272. The zero-order chi connectivity index (χ0) is 20.8. The number of aromatic nitrogens is 4. The first-order valence-electron chi connectivity index (χ1n) is 10.9. The van der Waals surface area contributed by atoms with E-state index in [2.05, 4.69) is 25.8 Å². The van der Waals surface area contributed by atoms with Crippen molar-refractivity contribution in [1.29, 1.82) is 0 Å². The average Bonchev–Trinajstić information content (AvgIpc) is 3.21. The fraction of sp³-hybridized carbons (Fsp3) is 0.478. The summed E-state index contributed by atoms with van der Waals surface area (Å²) in [5, 5.41) is 0.681. The van der Waals surface area contributed by atoms with Gasteiger partial charge >= 0.3 is 0 Å². The summed E-state index contributed by atoms with van der Waals surface area (Å²) in [5.41, 5.74) is 4.51. The van der Waals surface area contributed by atoms with Gasteiger partial charge in [0.25, 0.3) is 5.56 Å². The Labute approximate surface area is 176 Å². The molecular weight excluding hydrogens is 376 g/mol. The fourth-order valence-corrected chi connectivity index (χ4v) is 4.66. The summed E-state index contributed by atoms with van der Waals surface area (Å²) in [6.07, 6.45) is 5.02. The molecule has 0 atom stereocenters. The van der Waals surface area contributed by atoms with Gasteiger partial charge in [-0.2, -0.15) is 0 Å². The second kappa shape index (κ2) is 7.38. The maximum atomic E-state index is 12.7. The highest BCUT2D eigenvalue weighted by Crippen LogP contribution is 2.30. The summed E-state index contributed by atoms with van der Waals surface area (Å²) in [6, 6.07) is 6.13. The van der Waals surface area contributed by atoms with Gasteiger partial charge in [-0.1, -0.05) is 0 Å². The Morgan fingerprint density at radius 3 is 2.53 bits per heavy atom. The lowest BCUT2D eigenvalue weighted by Crippen LogP contribution is -2.47. The van der Waals surface area contributed by atoms with Gasteiger partial charge in [-0.05, 0) is 58.2 Å². The SMILES string of the molecule is Cc1nc2c(c(N3CCN(c4ccc5c(=O)n(C(C)C)cnc5c4)CC3)n1)CCC2. The molecule has 0 radical (unpaired) electrons. The van der Waals surface area contributed by atoms with E-state index in [4.69, 9.17) is 4.98 Å². The van der Waals surface area contributed by atoms with E-state index in [0.717, 1.165) is 61.9 Å². The third kappa shape index (κ3) is 3.22. The average molecular weight is 405 g/mol. The normalized spacial score (nSPS) is 16.5. The van der Waals surface area contributed by atoms with Crippen LogP contribution in [-0.2, 0) is 12.8 Å². The van der Waals surface area contributed by atoms with Crippen molar-refractivity contribution in [2.24, 2.45) is 0 Å². The summed E-state index contributed by atoms with van der Waals surface area (Å²) in [4.78, 5) is 31.4. The smallest absolute Gasteiger partial charge is 0.261 e. The lowest BCUT2D eigenvalue weighted by atomic mass is 10.1. The third-order valence-corrected chi connectivity index (χ3v) is 6.29. The number of benzene rings is 1. The Morgan fingerprint density at radius 2 is 1.77 bits per heavy atom. The molecule has 2 aromatic heterocycles. The molecule has 3 heterocycles. The Balaban J connectivity index is 1.37. The molecule has 0 spiro atoms. The van der Waals surface area contributed by atoms with Crippen LogP contribution in [0.25, 0.3) is 10.9 Å². The molecule has 1 aromatic carbocycles. The largest absolute Gasteiger partial charge is 0.368 e. The van der Waals surface area contributed by atoms with Gasteiger partial charge in [0.1, 0.15) is 11.6 Å². The first-order chi connectivity index (χ1) is 14.5. The molecule has 0 amide bonds. The molecule has 5 rings (SSSR count). The van der Waals surface area contributed by atoms with Crippen molar-refractivity contribution in [2.75, 3.05) is 36.0 Å². The molecule has 1 saturated heterocycles. The predicted octanol–water partition coefficient (Wildman–Crippen LogP) is 2.89. The van der Waals surface area contributed by atoms with Gasteiger partial charge in [-0.15, -0.1) is 0 Å². The van der Waals surface area contributed by atoms with E-state index in [1.807, 2.05) is 32.9 Å². The Morgan fingerprint density at radius 1 is 1.00 bits per heavy atom. The number of anilines is 2. The van der Waals surface area contributed by atoms with Gasteiger partial charge in [-0.3, -0.25) is 9.36 Å². The van der Waals surface area contributed by atoms with E-state index >= 15 is 0 Å². The van der Waals surface area contributed by atoms with Crippen LogP contribution in [0.2, 0.25) is 0 Å². The highest BCUT2D eigenvalue weighted by Gasteiger charge is 2.25. The molecule has 1 aliphatic heterocycles. The van der Waals surface area contributed by atoms with E-state index in [1.165, 1.54) is 17.7 Å². The van der Waals surface area contributed by atoms with E-state index in [9.17, 15) is 4.79 Å². The monoisotopic (exact) mass is 404 g/mol. The predicted molar refractivity (Wildman–Crippen MR) is 120 cm³/mol. The van der Waals surface area contributed by atoms with Gasteiger partial charge in [0, 0.05) is 49.2 Å². The van der Waals surface area contributed by atoms with Crippen LogP contribution in [0.1, 0.15) is 43.4 Å². The van der Waals surface area contributed by atoms with Crippen molar-refractivity contribution < 1.29 is 0 Å². The third-order valence-electron chi connectivity index (χ3n) is 6.29. The Kier molecular flexibility index (Phi) is 4.68. The van der Waals surface area contributed by atoms with Crippen LogP contribution in [0.5, 0.6) is 0 Å². The second-order valence-electron chi connectivity index (χ2n) is 8.60. The fourth-order valence-electron chi connectivity index (χ4n) is 4.66. The quantitative estimate of drug-likeness (QED) is 0.669. The highest BCUT2D eigenvalue weighted by molar-refractivity contribution is 5.81. The molecule has 1 aliphatic carbocycles. The van der Waals surface area contributed by atoms with Crippen LogP contribution in [0.4, 0.5) is 11.5 Å². The van der Waals surface area contributed by atoms with Crippen molar-refractivity contribution >= 4 is 22.4 Å². The van der Waals surface area contributed by atoms with Crippen molar-refractivity contribution in [3.05, 3.63) is 52.0 Å². The molecule has 0 unspecified atom stereocenters. The lowest BCUT2D eigenvalue weighted by molar-refractivity contribution is 0.573. The summed E-state index contributed by atoms with van der Waals surface area (Å²) < 4.78 is 1.68. The number of hydrogen-bond acceptors (Lipinski definition) is 6. The van der Waals surface area contributed by atoms with Crippen LogP contribution in [-0.4, -0.2) is 45.7 Å². The van der Waals surface area contributed by atoms with Gasteiger partial charge < -0.3 is 9.80 Å². The van der Waals surface area contributed by atoms with Gasteiger partial charge in [0.05, 0.1) is 17.2 Å². The molecule has 156 valence electrons. The zero-order valence-electron chi connectivity index (χ0n) is 17.9. The molecule has 3 aromatic rings. The standard InChI is InChI=1S/C23H28N6O/c1-15(2)29-14-24-21-13-17(7-8-19(21)23(29)30)27-9-11-28(12-10-27)22-18-5-4-6-20(18)25-16(3)26-22/h7-8,13-15H,4-6,9-12H2,1-3H3. The number of aryl methyl sites for hydroxylation is 2. The molecule has 30 heavy (non-hydrogen) atoms. The zero-order valence-corrected chi connectivity index (χ0v) is 17.9. The van der Waals surface area contributed by atoms with E-state index < -0.39 is 0 Å². The van der Waals surface area contributed by atoms with Crippen molar-refractivity contribution in [1.82, 2.24) is 19.5 Å². The number of rotatable bonds is 3. The second-order valence-corrected chi connectivity index (χ2v) is 8.60. The molecule has 0 bridgehead atoms. The van der Waals surface area contributed by atoms with E-state index in [1.54, 1.807) is 10.9 Å². The summed E-state index contributed by atoms with van der Waals surface area (Å²) in [5.74, 6) is 2.02. The van der Waals surface area contributed by atoms with Gasteiger partial charge in [-0.25, -0.2) is 15.0 Å². The van der Waals surface area contributed by atoms with Crippen LogP contribution >= 0.6 is 0 Å². The van der Waals surface area contributed by atoms with Crippen LogP contribution < -0.4 is 15.4 Å². The number of piperazine rings is 1. The van der Waals surface area contributed by atoms with Gasteiger partial charge in [0.15, 0.2) is 0 Å². The summed E-state index contributed by atoms with van der Waals surface area (Å²) >= 11 is 0. The maximum absolute atomic E-state index is 12.7. The Bertz CT molecular complexity index is 1160.